The molecule has 2 aromatic rings. The monoisotopic (exact) mass is 314 g/mol. The summed E-state index contributed by atoms with van der Waals surface area (Å²) in [6, 6.07) is 12.3. The normalized spacial score (nSPS) is 10.7. The van der Waals surface area contributed by atoms with Crippen molar-refractivity contribution in [2.45, 2.75) is 6.42 Å². The number of nitrogens with zero attached hydrogens (tertiary/aromatic N) is 1. The third kappa shape index (κ3) is 5.03. The molecule has 0 radical (unpaired) electrons. The SMILES string of the molecule is O=C(/C=C/c1ccccc1[N+](=O)[O-])NCCc1cccc(F)c1. The number of benzene rings is 2. The molecule has 0 aliphatic heterocycles. The molecule has 23 heavy (non-hydrogen) atoms. The Labute approximate surface area is 132 Å². The van der Waals surface area contributed by atoms with Crippen LogP contribution in [0.4, 0.5) is 10.1 Å². The summed E-state index contributed by atoms with van der Waals surface area (Å²) in [7, 11) is 0. The molecule has 0 aliphatic rings. The van der Waals surface area contributed by atoms with E-state index in [-0.39, 0.29) is 17.4 Å². The number of nitro groups is 1. The Morgan fingerprint density at radius 1 is 1.22 bits per heavy atom. The van der Waals surface area contributed by atoms with Gasteiger partial charge in [0.15, 0.2) is 0 Å². The molecule has 0 spiro atoms. The smallest absolute Gasteiger partial charge is 0.276 e. The van der Waals surface area contributed by atoms with Crippen LogP contribution in [0.3, 0.4) is 0 Å². The van der Waals surface area contributed by atoms with Crippen molar-refractivity contribution in [3.05, 3.63) is 81.7 Å². The van der Waals surface area contributed by atoms with Crippen LogP contribution in [-0.4, -0.2) is 17.4 Å². The van der Waals surface area contributed by atoms with Crippen molar-refractivity contribution in [2.75, 3.05) is 6.54 Å². The highest BCUT2D eigenvalue weighted by Crippen LogP contribution is 2.18. The van der Waals surface area contributed by atoms with E-state index < -0.39 is 4.92 Å². The standard InChI is InChI=1S/C17H15FN2O3/c18-15-6-3-4-13(12-15)10-11-19-17(21)9-8-14-5-1-2-7-16(14)20(22)23/h1-9,12H,10-11H2,(H,19,21)/b9-8+. The van der Waals surface area contributed by atoms with Gasteiger partial charge in [0.25, 0.3) is 5.69 Å². The van der Waals surface area contributed by atoms with Crippen LogP contribution in [0.5, 0.6) is 0 Å². The van der Waals surface area contributed by atoms with Gasteiger partial charge in [0.2, 0.25) is 5.91 Å². The topological polar surface area (TPSA) is 72.2 Å². The Kier molecular flexibility index (Phi) is 5.57. The second kappa shape index (κ2) is 7.84. The van der Waals surface area contributed by atoms with Crippen LogP contribution in [0.2, 0.25) is 0 Å². The molecule has 2 aromatic carbocycles. The van der Waals surface area contributed by atoms with E-state index in [0.29, 0.717) is 18.5 Å². The van der Waals surface area contributed by atoms with Crippen LogP contribution in [0.15, 0.2) is 54.6 Å². The van der Waals surface area contributed by atoms with Crippen molar-refractivity contribution in [2.24, 2.45) is 0 Å². The lowest BCUT2D eigenvalue weighted by molar-refractivity contribution is -0.385. The summed E-state index contributed by atoms with van der Waals surface area (Å²) in [5, 5.41) is 13.5. The molecule has 0 atom stereocenters. The minimum atomic E-state index is -0.498. The van der Waals surface area contributed by atoms with Crippen molar-refractivity contribution in [3.63, 3.8) is 0 Å². The summed E-state index contributed by atoms with van der Waals surface area (Å²) in [5.41, 5.74) is 1.09. The number of nitrogens with one attached hydrogen (secondary N) is 1. The summed E-state index contributed by atoms with van der Waals surface area (Å²) < 4.78 is 13.0. The minimum absolute atomic E-state index is 0.0590. The quantitative estimate of drug-likeness (QED) is 0.506. The third-order valence-electron chi connectivity index (χ3n) is 3.15. The van der Waals surface area contributed by atoms with Gasteiger partial charge in [-0.15, -0.1) is 0 Å². The predicted molar refractivity (Wildman–Crippen MR) is 85.2 cm³/mol. The summed E-state index contributed by atoms with van der Waals surface area (Å²) in [4.78, 5) is 22.1. The van der Waals surface area contributed by atoms with Crippen LogP contribution in [0, 0.1) is 15.9 Å². The van der Waals surface area contributed by atoms with E-state index in [1.165, 1.54) is 30.4 Å². The lowest BCUT2D eigenvalue weighted by Gasteiger charge is -2.03. The Balaban J connectivity index is 1.89. The maximum absolute atomic E-state index is 13.0. The molecule has 6 heteroatoms. The van der Waals surface area contributed by atoms with Crippen molar-refractivity contribution < 1.29 is 14.1 Å². The van der Waals surface area contributed by atoms with Crippen molar-refractivity contribution in [3.8, 4) is 0 Å². The lowest BCUT2D eigenvalue weighted by atomic mass is 10.1. The molecule has 0 bridgehead atoms. The minimum Gasteiger partial charge on any atom is -0.352 e. The van der Waals surface area contributed by atoms with Gasteiger partial charge in [0.1, 0.15) is 5.82 Å². The van der Waals surface area contributed by atoms with Gasteiger partial charge >= 0.3 is 0 Å². The van der Waals surface area contributed by atoms with Crippen LogP contribution >= 0.6 is 0 Å². The summed E-state index contributed by atoms with van der Waals surface area (Å²) in [5.74, 6) is -0.676. The molecular formula is C17H15FN2O3. The summed E-state index contributed by atoms with van der Waals surface area (Å²) >= 11 is 0. The zero-order chi connectivity index (χ0) is 16.7. The zero-order valence-electron chi connectivity index (χ0n) is 12.2. The molecule has 0 saturated carbocycles. The molecule has 1 N–H and O–H groups in total. The summed E-state index contributed by atoms with van der Waals surface area (Å²) in [6.07, 6.45) is 3.15. The Bertz CT molecular complexity index is 744. The molecule has 0 saturated heterocycles. The number of hydrogen-bond donors (Lipinski definition) is 1. The zero-order valence-corrected chi connectivity index (χ0v) is 12.2. The highest BCUT2D eigenvalue weighted by molar-refractivity contribution is 5.92. The maximum Gasteiger partial charge on any atom is 0.276 e. The predicted octanol–water partition coefficient (Wildman–Crippen LogP) is 3.11. The Hall–Kier alpha value is -3.02. The molecular weight excluding hydrogens is 299 g/mol. The summed E-state index contributed by atoms with van der Waals surface area (Å²) in [6.45, 7) is 0.351. The molecule has 0 fully saturated rings. The number of hydrogen-bond acceptors (Lipinski definition) is 3. The molecule has 0 unspecified atom stereocenters. The van der Waals surface area contributed by atoms with Gasteiger partial charge in [-0.2, -0.15) is 0 Å². The Morgan fingerprint density at radius 2 is 2.00 bits per heavy atom. The van der Waals surface area contributed by atoms with E-state index in [0.717, 1.165) is 5.56 Å². The highest BCUT2D eigenvalue weighted by atomic mass is 19.1. The van der Waals surface area contributed by atoms with E-state index in [1.807, 2.05) is 0 Å². The van der Waals surface area contributed by atoms with Gasteiger partial charge in [-0.3, -0.25) is 14.9 Å². The van der Waals surface area contributed by atoms with Gasteiger partial charge in [-0.25, -0.2) is 4.39 Å². The fourth-order valence-electron chi connectivity index (χ4n) is 2.04. The number of rotatable bonds is 6. The highest BCUT2D eigenvalue weighted by Gasteiger charge is 2.09. The first-order valence-corrected chi connectivity index (χ1v) is 7.00. The first kappa shape index (κ1) is 16.4. The number of nitro benzene ring substituents is 1. The number of carbonyl (C=O) groups is 1. The molecule has 5 nitrogen and oxygen atoms in total. The fourth-order valence-corrected chi connectivity index (χ4v) is 2.04. The van der Waals surface area contributed by atoms with Crippen molar-refractivity contribution >= 4 is 17.7 Å². The largest absolute Gasteiger partial charge is 0.352 e. The van der Waals surface area contributed by atoms with E-state index >= 15 is 0 Å². The van der Waals surface area contributed by atoms with E-state index in [4.69, 9.17) is 0 Å². The van der Waals surface area contributed by atoms with Crippen molar-refractivity contribution in [1.82, 2.24) is 5.32 Å². The van der Waals surface area contributed by atoms with Crippen LogP contribution in [0.1, 0.15) is 11.1 Å². The van der Waals surface area contributed by atoms with E-state index in [1.54, 1.807) is 30.3 Å². The van der Waals surface area contributed by atoms with Crippen molar-refractivity contribution in [1.29, 1.82) is 0 Å². The fraction of sp³-hybridized carbons (Fsp3) is 0.118. The second-order valence-electron chi connectivity index (χ2n) is 4.82. The van der Waals surface area contributed by atoms with Gasteiger partial charge in [-0.05, 0) is 36.3 Å². The molecule has 1 amide bonds. The number of halogens is 1. The second-order valence-corrected chi connectivity index (χ2v) is 4.82. The third-order valence-corrected chi connectivity index (χ3v) is 3.15. The number of para-hydroxylation sites is 1. The van der Waals surface area contributed by atoms with E-state index in [9.17, 15) is 19.3 Å². The maximum atomic E-state index is 13.0. The van der Waals surface area contributed by atoms with Gasteiger partial charge < -0.3 is 5.32 Å². The number of amides is 1. The average Bonchev–Trinajstić information content (AvgIpc) is 2.53. The molecule has 0 aromatic heterocycles. The van der Waals surface area contributed by atoms with Crippen LogP contribution in [0.25, 0.3) is 6.08 Å². The van der Waals surface area contributed by atoms with Gasteiger partial charge in [-0.1, -0.05) is 24.3 Å². The number of carbonyl (C=O) groups excluding carboxylic acids is 1. The first-order valence-electron chi connectivity index (χ1n) is 7.00. The first-order chi connectivity index (χ1) is 11.1. The van der Waals surface area contributed by atoms with Gasteiger partial charge in [0.05, 0.1) is 10.5 Å². The van der Waals surface area contributed by atoms with Crippen LogP contribution in [-0.2, 0) is 11.2 Å². The Morgan fingerprint density at radius 3 is 2.74 bits per heavy atom. The average molecular weight is 314 g/mol. The lowest BCUT2D eigenvalue weighted by Crippen LogP contribution is -2.23. The van der Waals surface area contributed by atoms with Gasteiger partial charge in [0, 0.05) is 18.7 Å². The van der Waals surface area contributed by atoms with E-state index in [2.05, 4.69) is 5.32 Å². The molecule has 0 aliphatic carbocycles. The molecule has 118 valence electrons. The van der Waals surface area contributed by atoms with Crippen LogP contribution < -0.4 is 5.32 Å². The molecule has 2 rings (SSSR count). The molecule has 0 heterocycles.